The number of aromatic nitrogens is 2. The molecule has 0 spiro atoms. The summed E-state index contributed by atoms with van der Waals surface area (Å²) in [4.78, 5) is 33.9. The molecule has 29 heavy (non-hydrogen) atoms. The monoisotopic (exact) mass is 391 g/mol. The summed E-state index contributed by atoms with van der Waals surface area (Å²) < 4.78 is 0. The molecule has 3 heterocycles. The molecule has 0 aromatic carbocycles. The zero-order valence-electron chi connectivity index (χ0n) is 16.1. The van der Waals surface area contributed by atoms with Gasteiger partial charge in [0.2, 0.25) is 11.8 Å². The number of hydrogen-bond donors (Lipinski definition) is 3. The second-order valence-corrected chi connectivity index (χ2v) is 8.36. The van der Waals surface area contributed by atoms with Crippen LogP contribution < -0.4 is 16.0 Å². The fraction of sp³-hybridized carbons (Fsp3) is 0.455. The first-order valence-electron chi connectivity index (χ1n) is 10.3. The molecule has 0 unspecified atom stereocenters. The summed E-state index contributed by atoms with van der Waals surface area (Å²) in [7, 11) is 0. The molecule has 1 aliphatic heterocycles. The van der Waals surface area contributed by atoms with Crippen LogP contribution in [0, 0.1) is 11.8 Å². The van der Waals surface area contributed by atoms with Crippen molar-refractivity contribution in [3.05, 3.63) is 60.2 Å². The van der Waals surface area contributed by atoms with Crippen molar-refractivity contribution in [3.63, 3.8) is 0 Å². The van der Waals surface area contributed by atoms with E-state index in [9.17, 15) is 9.59 Å². The first kappa shape index (κ1) is 18.2. The van der Waals surface area contributed by atoms with Crippen LogP contribution in [-0.4, -0.2) is 47.0 Å². The number of nitrogens with zero attached hydrogens (tertiary/aromatic N) is 2. The number of carbonyl (C=O) groups excluding carboxylic acids is 2. The van der Waals surface area contributed by atoms with E-state index in [0.717, 1.165) is 24.0 Å². The van der Waals surface area contributed by atoms with Gasteiger partial charge in [0.15, 0.2) is 0 Å². The maximum Gasteiger partial charge on any atom is 0.225 e. The smallest absolute Gasteiger partial charge is 0.225 e. The topological polar surface area (TPSA) is 96.0 Å². The number of carbonyl (C=O) groups is 2. The van der Waals surface area contributed by atoms with E-state index in [-0.39, 0.29) is 35.7 Å². The van der Waals surface area contributed by atoms with Gasteiger partial charge in [0.1, 0.15) is 0 Å². The van der Waals surface area contributed by atoms with Crippen molar-refractivity contribution in [2.24, 2.45) is 11.8 Å². The number of pyridine rings is 2. The molecule has 150 valence electrons. The van der Waals surface area contributed by atoms with E-state index < -0.39 is 0 Å². The highest BCUT2D eigenvalue weighted by molar-refractivity contribution is 5.89. The Morgan fingerprint density at radius 3 is 1.72 bits per heavy atom. The lowest BCUT2D eigenvalue weighted by Gasteiger charge is -2.18. The summed E-state index contributed by atoms with van der Waals surface area (Å²) >= 11 is 0. The summed E-state index contributed by atoms with van der Waals surface area (Å²) in [6, 6.07) is 8.23. The maximum atomic E-state index is 12.8. The molecule has 7 nitrogen and oxygen atoms in total. The first-order chi connectivity index (χ1) is 14.2. The molecule has 3 fully saturated rings. The van der Waals surface area contributed by atoms with Crippen molar-refractivity contribution in [2.75, 3.05) is 13.1 Å². The Morgan fingerprint density at radius 2 is 1.31 bits per heavy atom. The molecular weight excluding hydrogens is 366 g/mol. The molecule has 2 saturated carbocycles. The quantitative estimate of drug-likeness (QED) is 0.682. The lowest BCUT2D eigenvalue weighted by Crippen LogP contribution is -2.43. The lowest BCUT2D eigenvalue weighted by atomic mass is 9.94. The molecule has 1 saturated heterocycles. The largest absolute Gasteiger partial charge is 0.352 e. The fourth-order valence-electron chi connectivity index (χ4n) is 4.45. The summed E-state index contributed by atoms with van der Waals surface area (Å²) in [6.45, 7) is 1.09. The zero-order valence-corrected chi connectivity index (χ0v) is 16.1. The number of amides is 2. The molecule has 2 aliphatic carbocycles. The Hall–Kier alpha value is -2.80. The first-order valence-corrected chi connectivity index (χ1v) is 10.3. The summed E-state index contributed by atoms with van der Waals surface area (Å²) in [6.07, 6.45) is 9.10. The van der Waals surface area contributed by atoms with E-state index in [2.05, 4.69) is 25.9 Å². The van der Waals surface area contributed by atoms with Gasteiger partial charge in [0, 0.05) is 61.8 Å². The number of nitrogens with one attached hydrogen (secondary N) is 3. The molecular formula is C22H25N5O2. The highest BCUT2D eigenvalue weighted by atomic mass is 16.2. The molecule has 5 rings (SSSR count). The second kappa shape index (κ2) is 7.55. The van der Waals surface area contributed by atoms with Crippen LogP contribution in [0.15, 0.2) is 49.1 Å². The van der Waals surface area contributed by atoms with Gasteiger partial charge in [-0.3, -0.25) is 19.6 Å². The van der Waals surface area contributed by atoms with Crippen LogP contribution in [0.5, 0.6) is 0 Å². The van der Waals surface area contributed by atoms with Gasteiger partial charge in [-0.25, -0.2) is 0 Å². The molecule has 3 N–H and O–H groups in total. The lowest BCUT2D eigenvalue weighted by molar-refractivity contribution is -0.133. The van der Waals surface area contributed by atoms with E-state index in [1.807, 2.05) is 36.7 Å². The molecule has 0 radical (unpaired) electrons. The van der Waals surface area contributed by atoms with E-state index in [0.29, 0.717) is 24.9 Å². The molecule has 7 heteroatoms. The van der Waals surface area contributed by atoms with Crippen molar-refractivity contribution >= 4 is 11.8 Å². The van der Waals surface area contributed by atoms with Crippen LogP contribution in [0.4, 0.5) is 0 Å². The van der Waals surface area contributed by atoms with Crippen LogP contribution in [-0.2, 0) is 9.59 Å². The number of hydrogen-bond acceptors (Lipinski definition) is 5. The highest BCUT2D eigenvalue weighted by Crippen LogP contribution is 2.41. The Labute approximate surface area is 169 Å². The van der Waals surface area contributed by atoms with Gasteiger partial charge in [-0.05, 0) is 36.1 Å². The van der Waals surface area contributed by atoms with Crippen LogP contribution in [0.3, 0.4) is 0 Å². The Kier molecular flexibility index (Phi) is 4.75. The van der Waals surface area contributed by atoms with Crippen LogP contribution >= 0.6 is 0 Å². The minimum atomic E-state index is -0.319. The van der Waals surface area contributed by atoms with Gasteiger partial charge in [0.25, 0.3) is 0 Å². The van der Waals surface area contributed by atoms with E-state index >= 15 is 0 Å². The minimum Gasteiger partial charge on any atom is -0.352 e. The molecule has 2 aromatic heterocycles. The summed E-state index contributed by atoms with van der Waals surface area (Å²) in [5.41, 5.74) is 2.32. The maximum absolute atomic E-state index is 12.8. The van der Waals surface area contributed by atoms with E-state index in [4.69, 9.17) is 0 Å². The predicted molar refractivity (Wildman–Crippen MR) is 107 cm³/mol. The molecule has 6 atom stereocenters. The Bertz CT molecular complexity index is 817. The second-order valence-electron chi connectivity index (χ2n) is 8.36. The average Bonchev–Trinajstić information content (AvgIpc) is 3.65. The van der Waals surface area contributed by atoms with Gasteiger partial charge < -0.3 is 16.0 Å². The van der Waals surface area contributed by atoms with Crippen molar-refractivity contribution < 1.29 is 9.59 Å². The molecule has 2 aromatic rings. The van der Waals surface area contributed by atoms with Crippen molar-refractivity contribution in [1.29, 1.82) is 0 Å². The fourth-order valence-corrected chi connectivity index (χ4v) is 4.45. The standard InChI is InChI=1S/C22H25N5O2/c28-21(26-19-7-15(19)13-3-1-5-23-9-13)17-11-25-12-18(17)22(29)27-20-8-16(20)14-4-2-6-24-10-14/h1-6,9-10,15-20,25H,7-8,11-12H2,(H,26,28)(H,27,29)/t15-,16-,17-,18-,19+,20+/m1/s1. The SMILES string of the molecule is O=C(N[C@H]1C[C@@H]1c1cccnc1)[C@@H]1CNC[C@H]1C(=O)N[C@H]1C[C@@H]1c1cccnc1. The van der Waals surface area contributed by atoms with Crippen molar-refractivity contribution in [1.82, 2.24) is 25.9 Å². The Balaban J connectivity index is 1.14. The van der Waals surface area contributed by atoms with Crippen molar-refractivity contribution in [3.8, 4) is 0 Å². The third-order valence-corrected chi connectivity index (χ3v) is 6.35. The third-order valence-electron chi connectivity index (χ3n) is 6.35. The number of rotatable bonds is 6. The molecule has 3 aliphatic rings. The zero-order chi connectivity index (χ0) is 19.8. The van der Waals surface area contributed by atoms with Gasteiger partial charge in [-0.15, -0.1) is 0 Å². The van der Waals surface area contributed by atoms with Crippen LogP contribution in [0.1, 0.15) is 35.8 Å². The van der Waals surface area contributed by atoms with Crippen LogP contribution in [0.2, 0.25) is 0 Å². The van der Waals surface area contributed by atoms with Crippen molar-refractivity contribution in [2.45, 2.75) is 36.8 Å². The molecule has 0 bridgehead atoms. The summed E-state index contributed by atoms with van der Waals surface area (Å²) in [5, 5.41) is 9.49. The van der Waals surface area contributed by atoms with E-state index in [1.54, 1.807) is 12.4 Å². The Morgan fingerprint density at radius 1 is 0.828 bits per heavy atom. The highest BCUT2D eigenvalue weighted by Gasteiger charge is 2.46. The van der Waals surface area contributed by atoms with Crippen LogP contribution in [0.25, 0.3) is 0 Å². The van der Waals surface area contributed by atoms with Gasteiger partial charge >= 0.3 is 0 Å². The van der Waals surface area contributed by atoms with Gasteiger partial charge in [-0.1, -0.05) is 12.1 Å². The minimum absolute atomic E-state index is 0.0221. The van der Waals surface area contributed by atoms with E-state index in [1.165, 1.54) is 0 Å². The normalized spacial score (nSPS) is 32.4. The summed E-state index contributed by atoms with van der Waals surface area (Å²) in [5.74, 6) is -0.0132. The third kappa shape index (κ3) is 3.87. The van der Waals surface area contributed by atoms with Gasteiger partial charge in [-0.2, -0.15) is 0 Å². The predicted octanol–water partition coefficient (Wildman–Crippen LogP) is 0.957. The molecule has 2 amide bonds. The van der Waals surface area contributed by atoms with Gasteiger partial charge in [0.05, 0.1) is 11.8 Å². The average molecular weight is 391 g/mol.